The first-order valence-electron chi connectivity index (χ1n) is 11.4. The summed E-state index contributed by atoms with van der Waals surface area (Å²) >= 11 is 0. The molecule has 0 aliphatic carbocycles. The van der Waals surface area contributed by atoms with E-state index in [1.54, 1.807) is 4.57 Å². The topological polar surface area (TPSA) is 39.8 Å². The maximum absolute atomic E-state index is 13.8. The van der Waals surface area contributed by atoms with E-state index in [0.717, 1.165) is 34.1 Å². The van der Waals surface area contributed by atoms with Crippen LogP contribution >= 0.6 is 0 Å². The van der Waals surface area contributed by atoms with Gasteiger partial charge in [-0.3, -0.25) is 9.36 Å². The Hall–Kier alpha value is -4.44. The van der Waals surface area contributed by atoms with E-state index in [4.69, 9.17) is 4.98 Å². The van der Waals surface area contributed by atoms with Crippen molar-refractivity contribution in [3.8, 4) is 11.4 Å². The fourth-order valence-electron chi connectivity index (χ4n) is 4.60. The Bertz CT molecular complexity index is 1650. The fourth-order valence-corrected chi connectivity index (χ4v) is 4.60. The molecule has 0 amide bonds. The highest BCUT2D eigenvalue weighted by Gasteiger charge is 2.16. The van der Waals surface area contributed by atoms with E-state index in [1.807, 2.05) is 78.9 Å². The highest BCUT2D eigenvalue weighted by Crippen LogP contribution is 2.27. The van der Waals surface area contributed by atoms with Crippen LogP contribution < -0.4 is 5.56 Å². The largest absolute Gasteiger partial charge is 0.343 e. The highest BCUT2D eigenvalue weighted by atomic mass is 16.1. The molecule has 0 aliphatic heterocycles. The molecule has 4 nitrogen and oxygen atoms in total. The molecule has 4 aromatic carbocycles. The van der Waals surface area contributed by atoms with Crippen molar-refractivity contribution in [2.24, 2.45) is 0 Å². The normalized spacial score (nSPS) is 11.3. The predicted octanol–water partition coefficient (Wildman–Crippen LogP) is 6.11. The van der Waals surface area contributed by atoms with Crippen LogP contribution in [-0.2, 0) is 13.1 Å². The molecule has 0 aliphatic rings. The molecule has 0 fully saturated rings. The summed E-state index contributed by atoms with van der Waals surface area (Å²) in [6.45, 7) is 1.24. The summed E-state index contributed by atoms with van der Waals surface area (Å²) in [4.78, 5) is 18.9. The Kier molecular flexibility index (Phi) is 5.04. The Labute approximate surface area is 197 Å². The van der Waals surface area contributed by atoms with E-state index in [-0.39, 0.29) is 5.56 Å². The van der Waals surface area contributed by atoms with Crippen LogP contribution in [-0.4, -0.2) is 14.1 Å². The van der Waals surface area contributed by atoms with Crippen LogP contribution in [0.15, 0.2) is 120 Å². The molecule has 0 atom stereocenters. The lowest BCUT2D eigenvalue weighted by atomic mass is 10.1. The van der Waals surface area contributed by atoms with Crippen LogP contribution in [0.5, 0.6) is 0 Å². The number of rotatable bonds is 5. The second-order valence-electron chi connectivity index (χ2n) is 8.50. The van der Waals surface area contributed by atoms with Crippen LogP contribution in [0, 0.1) is 0 Å². The second-order valence-corrected chi connectivity index (χ2v) is 8.50. The van der Waals surface area contributed by atoms with E-state index in [1.165, 1.54) is 5.56 Å². The molecule has 0 unspecified atom stereocenters. The molecular weight excluding hydrogens is 418 g/mol. The van der Waals surface area contributed by atoms with Crippen molar-refractivity contribution in [1.29, 1.82) is 0 Å². The molecule has 6 aromatic rings. The van der Waals surface area contributed by atoms with Gasteiger partial charge in [0.25, 0.3) is 5.56 Å². The quantitative estimate of drug-likeness (QED) is 0.324. The number of hydrogen-bond acceptors (Lipinski definition) is 2. The third kappa shape index (κ3) is 3.59. The molecule has 2 heterocycles. The summed E-state index contributed by atoms with van der Waals surface area (Å²) < 4.78 is 4.00. The SMILES string of the molecule is O=c1c2ccc3c(ccn3Cc3ccccc3)c2nc(-c2ccccc2)n1Cc1ccccc1. The molecule has 6 rings (SSSR count). The van der Waals surface area contributed by atoms with E-state index in [9.17, 15) is 4.79 Å². The Morgan fingerprint density at radius 2 is 1.24 bits per heavy atom. The number of hydrogen-bond donors (Lipinski definition) is 0. The second kappa shape index (κ2) is 8.49. The molecule has 0 bridgehead atoms. The van der Waals surface area contributed by atoms with E-state index >= 15 is 0 Å². The highest BCUT2D eigenvalue weighted by molar-refractivity contribution is 6.04. The van der Waals surface area contributed by atoms with Gasteiger partial charge in [-0.15, -0.1) is 0 Å². The molecule has 2 aromatic heterocycles. The number of nitrogens with zero attached hydrogens (tertiary/aromatic N) is 3. The number of fused-ring (bicyclic) bond motifs is 3. The van der Waals surface area contributed by atoms with Gasteiger partial charge in [0.1, 0.15) is 5.82 Å². The van der Waals surface area contributed by atoms with E-state index in [0.29, 0.717) is 17.8 Å². The summed E-state index contributed by atoms with van der Waals surface area (Å²) in [5, 5.41) is 1.63. The van der Waals surface area contributed by atoms with Gasteiger partial charge in [-0.2, -0.15) is 0 Å². The van der Waals surface area contributed by atoms with Crippen LogP contribution in [0.25, 0.3) is 33.2 Å². The first kappa shape index (κ1) is 20.2. The molecule has 0 saturated heterocycles. The monoisotopic (exact) mass is 441 g/mol. The van der Waals surface area contributed by atoms with Gasteiger partial charge >= 0.3 is 0 Å². The molecule has 0 N–H and O–H groups in total. The average molecular weight is 442 g/mol. The Balaban J connectivity index is 1.56. The van der Waals surface area contributed by atoms with Crippen molar-refractivity contribution in [3.63, 3.8) is 0 Å². The van der Waals surface area contributed by atoms with Crippen LogP contribution in [0.3, 0.4) is 0 Å². The minimum Gasteiger partial charge on any atom is -0.343 e. The van der Waals surface area contributed by atoms with Gasteiger partial charge in [-0.25, -0.2) is 4.98 Å². The zero-order valence-electron chi connectivity index (χ0n) is 18.6. The first-order valence-corrected chi connectivity index (χ1v) is 11.4. The van der Waals surface area contributed by atoms with E-state index in [2.05, 4.69) is 41.1 Å². The molecule has 164 valence electrons. The molecule has 0 saturated carbocycles. The van der Waals surface area contributed by atoms with Gasteiger partial charge in [-0.05, 0) is 29.3 Å². The Morgan fingerprint density at radius 1 is 0.618 bits per heavy atom. The van der Waals surface area contributed by atoms with Gasteiger partial charge in [0.05, 0.1) is 23.0 Å². The number of benzene rings is 4. The van der Waals surface area contributed by atoms with Gasteiger partial charge in [-0.1, -0.05) is 91.0 Å². The van der Waals surface area contributed by atoms with Crippen LogP contribution in [0.1, 0.15) is 11.1 Å². The summed E-state index contributed by atoms with van der Waals surface area (Å²) in [6.07, 6.45) is 2.08. The third-order valence-corrected chi connectivity index (χ3v) is 6.28. The third-order valence-electron chi connectivity index (χ3n) is 6.28. The standard InChI is InChI=1S/C30H23N3O/c34-30-26-16-17-27-25(18-19-32(27)20-22-10-4-1-5-11-22)28(26)31-29(24-14-8-3-9-15-24)33(30)21-23-12-6-2-7-13-23/h1-19H,20-21H2. The van der Waals surface area contributed by atoms with Gasteiger partial charge in [0, 0.05) is 23.7 Å². The fraction of sp³-hybridized carbons (Fsp3) is 0.0667. The predicted molar refractivity (Wildman–Crippen MR) is 138 cm³/mol. The lowest BCUT2D eigenvalue weighted by Gasteiger charge is -2.15. The average Bonchev–Trinajstić information content (AvgIpc) is 3.30. The van der Waals surface area contributed by atoms with E-state index < -0.39 is 0 Å². The van der Waals surface area contributed by atoms with Gasteiger partial charge in [0.15, 0.2) is 0 Å². The summed E-state index contributed by atoms with van der Waals surface area (Å²) in [5.41, 5.74) is 5.03. The maximum atomic E-state index is 13.8. The molecule has 4 heteroatoms. The number of aromatic nitrogens is 3. The minimum absolute atomic E-state index is 0.0228. The lowest BCUT2D eigenvalue weighted by molar-refractivity contribution is 0.760. The van der Waals surface area contributed by atoms with Crippen molar-refractivity contribution in [1.82, 2.24) is 14.1 Å². The van der Waals surface area contributed by atoms with Gasteiger partial charge in [0.2, 0.25) is 0 Å². The lowest BCUT2D eigenvalue weighted by Crippen LogP contribution is -2.24. The Morgan fingerprint density at radius 3 is 1.91 bits per heavy atom. The van der Waals surface area contributed by atoms with Crippen molar-refractivity contribution in [2.45, 2.75) is 13.1 Å². The first-order chi connectivity index (χ1) is 16.8. The summed E-state index contributed by atoms with van der Waals surface area (Å²) in [6, 6.07) is 36.4. The summed E-state index contributed by atoms with van der Waals surface area (Å²) in [7, 11) is 0. The van der Waals surface area contributed by atoms with Crippen molar-refractivity contribution in [2.75, 3.05) is 0 Å². The molecule has 0 spiro atoms. The van der Waals surface area contributed by atoms with Crippen molar-refractivity contribution in [3.05, 3.63) is 137 Å². The molecule has 34 heavy (non-hydrogen) atoms. The molecule has 0 radical (unpaired) electrons. The minimum atomic E-state index is -0.0228. The van der Waals surface area contributed by atoms with Crippen molar-refractivity contribution >= 4 is 21.8 Å². The zero-order chi connectivity index (χ0) is 22.9. The molecular formula is C30H23N3O. The maximum Gasteiger partial charge on any atom is 0.261 e. The summed E-state index contributed by atoms with van der Waals surface area (Å²) in [5.74, 6) is 0.685. The van der Waals surface area contributed by atoms with Crippen LogP contribution in [0.4, 0.5) is 0 Å². The zero-order valence-corrected chi connectivity index (χ0v) is 18.6. The van der Waals surface area contributed by atoms with Gasteiger partial charge < -0.3 is 4.57 Å². The van der Waals surface area contributed by atoms with Crippen LogP contribution in [0.2, 0.25) is 0 Å². The smallest absolute Gasteiger partial charge is 0.261 e. The van der Waals surface area contributed by atoms with Crippen molar-refractivity contribution < 1.29 is 0 Å².